The van der Waals surface area contributed by atoms with Crippen LogP contribution in [-0.4, -0.2) is 42.0 Å². The minimum absolute atomic E-state index is 0.0406. The third-order valence-electron chi connectivity index (χ3n) is 7.72. The van der Waals surface area contributed by atoms with Crippen LogP contribution in [0.2, 0.25) is 0 Å². The third-order valence-corrected chi connectivity index (χ3v) is 7.72. The standard InChI is InChI=1S/C27H33N3O2/c1-18-6-8-19(9-7-18)26(31)30-14-12-24(13-15-30)28-27(32)29-25-22-10-11-23(25)17-21-5-3-2-4-20(21)16-22/h2-9,22-25H,10-17H2,1H3,(H2,28,29,32). The molecule has 2 bridgehead atoms. The van der Waals surface area contributed by atoms with Gasteiger partial charge < -0.3 is 15.5 Å². The van der Waals surface area contributed by atoms with Crippen LogP contribution in [0, 0.1) is 18.8 Å². The molecule has 5 heteroatoms. The molecule has 1 aliphatic heterocycles. The second kappa shape index (κ2) is 8.97. The van der Waals surface area contributed by atoms with Crippen molar-refractivity contribution in [3.8, 4) is 0 Å². The fourth-order valence-corrected chi connectivity index (χ4v) is 5.87. The number of nitrogens with one attached hydrogen (secondary N) is 2. The van der Waals surface area contributed by atoms with Crippen molar-refractivity contribution in [2.45, 2.75) is 57.5 Å². The van der Waals surface area contributed by atoms with Crippen molar-refractivity contribution in [3.63, 3.8) is 0 Å². The van der Waals surface area contributed by atoms with Gasteiger partial charge in [-0.15, -0.1) is 0 Å². The Morgan fingerprint density at radius 3 is 2.00 bits per heavy atom. The van der Waals surface area contributed by atoms with E-state index in [4.69, 9.17) is 0 Å². The van der Waals surface area contributed by atoms with E-state index in [1.807, 2.05) is 36.1 Å². The van der Waals surface area contributed by atoms with E-state index in [2.05, 4.69) is 34.9 Å². The number of rotatable bonds is 3. The smallest absolute Gasteiger partial charge is 0.315 e. The Labute approximate surface area is 190 Å². The molecule has 5 rings (SSSR count). The molecule has 2 aromatic rings. The highest BCUT2D eigenvalue weighted by atomic mass is 16.2. The second-order valence-corrected chi connectivity index (χ2v) is 9.85. The van der Waals surface area contributed by atoms with Crippen molar-refractivity contribution in [1.82, 2.24) is 15.5 Å². The SMILES string of the molecule is Cc1ccc(C(=O)N2CCC(NC(=O)NC3C4CCC3Cc3ccccc3C4)CC2)cc1. The molecule has 168 valence electrons. The quantitative estimate of drug-likeness (QED) is 0.769. The van der Waals surface area contributed by atoms with E-state index in [1.165, 1.54) is 24.0 Å². The van der Waals surface area contributed by atoms with Crippen LogP contribution in [0.1, 0.15) is 52.7 Å². The highest BCUT2D eigenvalue weighted by Gasteiger charge is 2.40. The van der Waals surface area contributed by atoms with Crippen LogP contribution in [0.5, 0.6) is 0 Å². The summed E-state index contributed by atoms with van der Waals surface area (Å²) in [5, 5.41) is 6.53. The summed E-state index contributed by atoms with van der Waals surface area (Å²) in [6, 6.07) is 16.8. The summed E-state index contributed by atoms with van der Waals surface area (Å²) in [5.74, 6) is 1.15. The molecule has 0 spiro atoms. The average molecular weight is 432 g/mol. The highest BCUT2D eigenvalue weighted by Crippen LogP contribution is 2.40. The molecule has 2 aromatic carbocycles. The number of carbonyl (C=O) groups is 2. The summed E-state index contributed by atoms with van der Waals surface area (Å²) in [4.78, 5) is 27.5. The van der Waals surface area contributed by atoms with Crippen LogP contribution in [0.25, 0.3) is 0 Å². The number of hydrogen-bond donors (Lipinski definition) is 2. The first kappa shape index (κ1) is 21.0. The van der Waals surface area contributed by atoms with Crippen molar-refractivity contribution in [1.29, 1.82) is 0 Å². The fourth-order valence-electron chi connectivity index (χ4n) is 5.87. The van der Waals surface area contributed by atoms with E-state index in [1.54, 1.807) is 0 Å². The van der Waals surface area contributed by atoms with Crippen LogP contribution >= 0.6 is 0 Å². The minimum atomic E-state index is -0.0406. The zero-order valence-electron chi connectivity index (χ0n) is 18.8. The zero-order valence-corrected chi connectivity index (χ0v) is 18.8. The lowest BCUT2D eigenvalue weighted by molar-refractivity contribution is 0.0708. The summed E-state index contributed by atoms with van der Waals surface area (Å²) in [6.07, 6.45) is 6.13. The van der Waals surface area contributed by atoms with Gasteiger partial charge in [-0.05, 0) is 80.5 Å². The summed E-state index contributed by atoms with van der Waals surface area (Å²) in [7, 11) is 0. The molecule has 0 aromatic heterocycles. The lowest BCUT2D eigenvalue weighted by Crippen LogP contribution is -2.52. The van der Waals surface area contributed by atoms with Crippen LogP contribution in [0.15, 0.2) is 48.5 Å². The first-order chi connectivity index (χ1) is 15.6. The Hall–Kier alpha value is -2.82. The number of amides is 3. The van der Waals surface area contributed by atoms with Gasteiger partial charge in [-0.1, -0.05) is 42.0 Å². The number of hydrogen-bond acceptors (Lipinski definition) is 2. The molecule has 5 nitrogen and oxygen atoms in total. The number of carbonyl (C=O) groups excluding carboxylic acids is 2. The van der Waals surface area contributed by atoms with Gasteiger partial charge in [0.15, 0.2) is 0 Å². The van der Waals surface area contributed by atoms with Crippen LogP contribution in [-0.2, 0) is 12.8 Å². The molecule has 3 amide bonds. The number of piperidine rings is 1. The van der Waals surface area contributed by atoms with Crippen molar-refractivity contribution in [3.05, 3.63) is 70.8 Å². The van der Waals surface area contributed by atoms with E-state index in [-0.39, 0.29) is 24.0 Å². The Balaban J connectivity index is 1.13. The number of benzene rings is 2. The maximum atomic E-state index is 12.8. The summed E-state index contributed by atoms with van der Waals surface area (Å²) >= 11 is 0. The Morgan fingerprint density at radius 2 is 1.41 bits per heavy atom. The van der Waals surface area contributed by atoms with Gasteiger partial charge in [-0.3, -0.25) is 4.79 Å². The largest absolute Gasteiger partial charge is 0.338 e. The van der Waals surface area contributed by atoms with Crippen molar-refractivity contribution in [2.24, 2.45) is 11.8 Å². The van der Waals surface area contributed by atoms with Gasteiger partial charge >= 0.3 is 6.03 Å². The van der Waals surface area contributed by atoms with Gasteiger partial charge in [0.1, 0.15) is 0 Å². The van der Waals surface area contributed by atoms with Crippen molar-refractivity contribution in [2.75, 3.05) is 13.1 Å². The number of urea groups is 1. The van der Waals surface area contributed by atoms with E-state index < -0.39 is 0 Å². The predicted molar refractivity (Wildman–Crippen MR) is 126 cm³/mol. The zero-order chi connectivity index (χ0) is 22.1. The van der Waals surface area contributed by atoms with E-state index in [0.29, 0.717) is 24.9 Å². The molecule has 0 radical (unpaired) electrons. The molecule has 1 saturated carbocycles. The second-order valence-electron chi connectivity index (χ2n) is 9.85. The van der Waals surface area contributed by atoms with Crippen LogP contribution in [0.4, 0.5) is 4.79 Å². The molecule has 32 heavy (non-hydrogen) atoms. The van der Waals surface area contributed by atoms with Gasteiger partial charge in [-0.25, -0.2) is 4.79 Å². The first-order valence-corrected chi connectivity index (χ1v) is 12.1. The molecule has 2 atom stereocenters. The van der Waals surface area contributed by atoms with Crippen molar-refractivity contribution >= 4 is 11.9 Å². The molecule has 2 N–H and O–H groups in total. The predicted octanol–water partition coefficient (Wildman–Crippen LogP) is 4.09. The normalized spacial score (nSPS) is 25.0. The van der Waals surface area contributed by atoms with Gasteiger partial charge in [-0.2, -0.15) is 0 Å². The topological polar surface area (TPSA) is 61.4 Å². The number of nitrogens with zero attached hydrogens (tertiary/aromatic N) is 1. The highest BCUT2D eigenvalue weighted by molar-refractivity contribution is 5.94. The summed E-state index contributed by atoms with van der Waals surface area (Å²) in [5.41, 5.74) is 4.81. The summed E-state index contributed by atoms with van der Waals surface area (Å²) in [6.45, 7) is 3.39. The Bertz CT molecular complexity index is 946. The molecule has 3 aliphatic rings. The van der Waals surface area contributed by atoms with Crippen LogP contribution in [0.3, 0.4) is 0 Å². The summed E-state index contributed by atoms with van der Waals surface area (Å²) < 4.78 is 0. The number of aryl methyl sites for hydroxylation is 1. The monoisotopic (exact) mass is 431 g/mol. The molecular weight excluding hydrogens is 398 g/mol. The van der Waals surface area contributed by atoms with Gasteiger partial charge in [0.05, 0.1) is 0 Å². The van der Waals surface area contributed by atoms with E-state index in [0.717, 1.165) is 36.8 Å². The number of fused-ring (bicyclic) bond motifs is 3. The lowest BCUT2D eigenvalue weighted by Gasteiger charge is -2.33. The maximum absolute atomic E-state index is 12.8. The van der Waals surface area contributed by atoms with Gasteiger partial charge in [0.2, 0.25) is 0 Å². The average Bonchev–Trinajstić information content (AvgIpc) is 3.07. The molecule has 2 aliphatic carbocycles. The number of likely N-dealkylation sites (tertiary alicyclic amines) is 1. The third kappa shape index (κ3) is 4.38. The van der Waals surface area contributed by atoms with E-state index >= 15 is 0 Å². The molecule has 2 fully saturated rings. The molecular formula is C27H33N3O2. The first-order valence-electron chi connectivity index (χ1n) is 12.1. The minimum Gasteiger partial charge on any atom is -0.338 e. The maximum Gasteiger partial charge on any atom is 0.315 e. The molecule has 1 heterocycles. The fraction of sp³-hybridized carbons (Fsp3) is 0.481. The van der Waals surface area contributed by atoms with E-state index in [9.17, 15) is 9.59 Å². The van der Waals surface area contributed by atoms with Crippen LogP contribution < -0.4 is 10.6 Å². The Morgan fingerprint density at radius 1 is 0.812 bits per heavy atom. The van der Waals surface area contributed by atoms with Gasteiger partial charge in [0, 0.05) is 30.7 Å². The van der Waals surface area contributed by atoms with Crippen molar-refractivity contribution < 1.29 is 9.59 Å². The molecule has 2 unspecified atom stereocenters. The Kier molecular flexibility index (Phi) is 5.90. The van der Waals surface area contributed by atoms with Gasteiger partial charge in [0.25, 0.3) is 5.91 Å². The lowest BCUT2D eigenvalue weighted by atomic mass is 9.94. The molecule has 1 saturated heterocycles.